The van der Waals surface area contributed by atoms with Gasteiger partial charge in [-0.05, 0) is 36.1 Å². The monoisotopic (exact) mass is 335 g/mol. The van der Waals surface area contributed by atoms with Crippen LogP contribution in [0.5, 0.6) is 5.75 Å². The summed E-state index contributed by atoms with van der Waals surface area (Å²) in [4.78, 5) is 14.2. The standard InChI is InChI=1S/C18H25NO3S/c1-2-3-9-21-10-4-8-19-17(20)13-23-18(19)15-5-6-16-14(12-15)7-11-22-16/h5-6,12,18H,2-4,7-11,13H2,1H3. The summed E-state index contributed by atoms with van der Waals surface area (Å²) in [6.07, 6.45) is 4.14. The molecule has 1 unspecified atom stereocenters. The number of ether oxygens (including phenoxy) is 2. The maximum Gasteiger partial charge on any atom is 0.233 e. The number of carbonyl (C=O) groups is 1. The second-order valence-electron chi connectivity index (χ2n) is 6.04. The Hall–Kier alpha value is -1.20. The van der Waals surface area contributed by atoms with E-state index in [0.717, 1.165) is 57.8 Å². The fraction of sp³-hybridized carbons (Fsp3) is 0.611. The quantitative estimate of drug-likeness (QED) is 0.683. The molecule has 0 spiro atoms. The van der Waals surface area contributed by atoms with Crippen LogP contribution in [0.25, 0.3) is 0 Å². The number of amides is 1. The van der Waals surface area contributed by atoms with Crippen molar-refractivity contribution in [2.45, 2.75) is 38.0 Å². The van der Waals surface area contributed by atoms with Gasteiger partial charge in [0.15, 0.2) is 0 Å². The highest BCUT2D eigenvalue weighted by molar-refractivity contribution is 8.00. The van der Waals surface area contributed by atoms with E-state index in [1.165, 1.54) is 11.1 Å². The third-order valence-electron chi connectivity index (χ3n) is 4.30. The molecule has 0 aliphatic carbocycles. The van der Waals surface area contributed by atoms with Gasteiger partial charge < -0.3 is 14.4 Å². The Balaban J connectivity index is 1.56. The van der Waals surface area contributed by atoms with Gasteiger partial charge in [-0.25, -0.2) is 0 Å². The molecule has 2 aliphatic heterocycles. The summed E-state index contributed by atoms with van der Waals surface area (Å²) < 4.78 is 11.2. The van der Waals surface area contributed by atoms with Crippen LogP contribution in [0, 0.1) is 0 Å². The molecule has 1 aromatic carbocycles. The number of nitrogens with zero attached hydrogens (tertiary/aromatic N) is 1. The first-order chi connectivity index (χ1) is 11.3. The summed E-state index contributed by atoms with van der Waals surface area (Å²) in [5.41, 5.74) is 2.49. The van der Waals surface area contributed by atoms with E-state index in [4.69, 9.17) is 9.47 Å². The zero-order chi connectivity index (χ0) is 16.1. The van der Waals surface area contributed by atoms with Gasteiger partial charge in [0.2, 0.25) is 5.91 Å². The fourth-order valence-corrected chi connectivity index (χ4v) is 4.23. The molecule has 0 aromatic heterocycles. The van der Waals surface area contributed by atoms with Crippen molar-refractivity contribution in [1.29, 1.82) is 0 Å². The van der Waals surface area contributed by atoms with E-state index in [-0.39, 0.29) is 11.3 Å². The lowest BCUT2D eigenvalue weighted by Gasteiger charge is -2.24. The lowest BCUT2D eigenvalue weighted by Crippen LogP contribution is -2.30. The zero-order valence-electron chi connectivity index (χ0n) is 13.8. The van der Waals surface area contributed by atoms with E-state index < -0.39 is 0 Å². The van der Waals surface area contributed by atoms with Crippen LogP contribution in [0.15, 0.2) is 18.2 Å². The fourth-order valence-electron chi connectivity index (χ4n) is 3.02. The first-order valence-corrected chi connectivity index (χ1v) is 9.59. The van der Waals surface area contributed by atoms with Crippen LogP contribution in [0.2, 0.25) is 0 Å². The van der Waals surface area contributed by atoms with Crippen molar-refractivity contribution in [3.05, 3.63) is 29.3 Å². The van der Waals surface area contributed by atoms with Crippen molar-refractivity contribution in [1.82, 2.24) is 4.90 Å². The van der Waals surface area contributed by atoms with Gasteiger partial charge in [-0.2, -0.15) is 0 Å². The van der Waals surface area contributed by atoms with Crippen molar-refractivity contribution in [2.75, 3.05) is 32.1 Å². The minimum Gasteiger partial charge on any atom is -0.493 e. The summed E-state index contributed by atoms with van der Waals surface area (Å²) in [6, 6.07) is 6.36. The van der Waals surface area contributed by atoms with Gasteiger partial charge in [-0.15, -0.1) is 11.8 Å². The van der Waals surface area contributed by atoms with Crippen LogP contribution in [-0.2, 0) is 16.0 Å². The largest absolute Gasteiger partial charge is 0.493 e. The second kappa shape index (κ2) is 8.06. The number of fused-ring (bicyclic) bond motifs is 1. The average molecular weight is 335 g/mol. The second-order valence-corrected chi connectivity index (χ2v) is 7.10. The van der Waals surface area contributed by atoms with E-state index in [1.54, 1.807) is 11.8 Å². The highest BCUT2D eigenvalue weighted by Crippen LogP contribution is 2.40. The molecule has 0 saturated carbocycles. The molecule has 1 aromatic rings. The topological polar surface area (TPSA) is 38.8 Å². The minimum absolute atomic E-state index is 0.143. The van der Waals surface area contributed by atoms with Gasteiger partial charge in [0.05, 0.1) is 12.4 Å². The maximum atomic E-state index is 12.2. The normalized spacial score (nSPS) is 20.0. The summed E-state index contributed by atoms with van der Waals surface area (Å²) in [5, 5.41) is 0.143. The number of hydrogen-bond donors (Lipinski definition) is 0. The molecular formula is C18H25NO3S. The lowest BCUT2D eigenvalue weighted by molar-refractivity contribution is -0.128. The van der Waals surface area contributed by atoms with Crippen LogP contribution >= 0.6 is 11.8 Å². The Morgan fingerprint density at radius 2 is 2.22 bits per heavy atom. The first kappa shape index (κ1) is 16.7. The molecule has 1 atom stereocenters. The summed E-state index contributed by atoms with van der Waals surface area (Å²) in [5.74, 6) is 1.82. The Kier molecular flexibility index (Phi) is 5.84. The molecule has 126 valence electrons. The highest BCUT2D eigenvalue weighted by Gasteiger charge is 2.32. The van der Waals surface area contributed by atoms with Crippen molar-refractivity contribution in [2.24, 2.45) is 0 Å². The molecule has 1 fully saturated rings. The van der Waals surface area contributed by atoms with E-state index in [1.807, 2.05) is 11.0 Å². The third kappa shape index (κ3) is 4.01. The summed E-state index contributed by atoms with van der Waals surface area (Å²) >= 11 is 1.72. The summed E-state index contributed by atoms with van der Waals surface area (Å²) in [6.45, 7) is 5.27. The van der Waals surface area contributed by atoms with E-state index >= 15 is 0 Å². The van der Waals surface area contributed by atoms with Crippen LogP contribution in [0.4, 0.5) is 0 Å². The maximum absolute atomic E-state index is 12.2. The predicted molar refractivity (Wildman–Crippen MR) is 92.9 cm³/mol. The Morgan fingerprint density at radius 1 is 1.35 bits per heavy atom. The van der Waals surface area contributed by atoms with E-state index in [9.17, 15) is 4.79 Å². The van der Waals surface area contributed by atoms with Crippen molar-refractivity contribution < 1.29 is 14.3 Å². The number of thioether (sulfide) groups is 1. The summed E-state index contributed by atoms with van der Waals surface area (Å²) in [7, 11) is 0. The van der Waals surface area contributed by atoms with Crippen LogP contribution in [0.3, 0.4) is 0 Å². The minimum atomic E-state index is 0.143. The van der Waals surface area contributed by atoms with Gasteiger partial charge in [-0.1, -0.05) is 19.4 Å². The third-order valence-corrected chi connectivity index (χ3v) is 5.55. The molecule has 5 heteroatoms. The Labute approximate surface area is 142 Å². The molecule has 23 heavy (non-hydrogen) atoms. The van der Waals surface area contributed by atoms with Gasteiger partial charge in [-0.3, -0.25) is 4.79 Å². The molecule has 1 saturated heterocycles. The Morgan fingerprint density at radius 3 is 3.09 bits per heavy atom. The zero-order valence-corrected chi connectivity index (χ0v) is 14.6. The number of carbonyl (C=O) groups excluding carboxylic acids is 1. The lowest BCUT2D eigenvalue weighted by atomic mass is 10.1. The predicted octanol–water partition coefficient (Wildman–Crippen LogP) is 3.40. The molecule has 2 heterocycles. The average Bonchev–Trinajstić information content (AvgIpc) is 3.17. The number of unbranched alkanes of at least 4 members (excludes halogenated alkanes) is 1. The number of rotatable bonds is 8. The van der Waals surface area contributed by atoms with Crippen molar-refractivity contribution in [3.8, 4) is 5.75 Å². The van der Waals surface area contributed by atoms with Gasteiger partial charge in [0.25, 0.3) is 0 Å². The Bertz CT molecular complexity index is 549. The first-order valence-electron chi connectivity index (χ1n) is 8.54. The van der Waals surface area contributed by atoms with Gasteiger partial charge in [0, 0.05) is 26.2 Å². The van der Waals surface area contributed by atoms with Crippen molar-refractivity contribution in [3.63, 3.8) is 0 Å². The number of hydrogen-bond acceptors (Lipinski definition) is 4. The van der Waals surface area contributed by atoms with Crippen LogP contribution < -0.4 is 4.74 Å². The number of benzene rings is 1. The molecular weight excluding hydrogens is 310 g/mol. The van der Waals surface area contributed by atoms with Crippen molar-refractivity contribution >= 4 is 17.7 Å². The molecule has 1 amide bonds. The molecule has 0 bridgehead atoms. The van der Waals surface area contributed by atoms with Crippen LogP contribution in [0.1, 0.15) is 42.7 Å². The molecule has 4 nitrogen and oxygen atoms in total. The molecule has 0 N–H and O–H groups in total. The molecule has 2 aliphatic rings. The highest BCUT2D eigenvalue weighted by atomic mass is 32.2. The smallest absolute Gasteiger partial charge is 0.233 e. The van der Waals surface area contributed by atoms with E-state index in [0.29, 0.717) is 5.75 Å². The molecule has 3 rings (SSSR count). The van der Waals surface area contributed by atoms with Gasteiger partial charge >= 0.3 is 0 Å². The van der Waals surface area contributed by atoms with E-state index in [2.05, 4.69) is 19.1 Å². The van der Waals surface area contributed by atoms with Crippen LogP contribution in [-0.4, -0.2) is 42.9 Å². The van der Waals surface area contributed by atoms with Gasteiger partial charge in [0.1, 0.15) is 11.1 Å². The molecule has 0 radical (unpaired) electrons. The SMILES string of the molecule is CCCCOCCCN1C(=O)CSC1c1ccc2c(c1)CCO2.